The summed E-state index contributed by atoms with van der Waals surface area (Å²) in [5.41, 5.74) is 14.8. The molecule has 4 nitrogen and oxygen atoms in total. The lowest BCUT2D eigenvalue weighted by Gasteiger charge is -2.37. The van der Waals surface area contributed by atoms with Gasteiger partial charge < -0.3 is 4.81 Å². The van der Waals surface area contributed by atoms with E-state index in [1.165, 1.54) is 38.8 Å². The summed E-state index contributed by atoms with van der Waals surface area (Å²) < 4.78 is 0. The second-order valence-corrected chi connectivity index (χ2v) is 13.6. The molecule has 0 aliphatic carbocycles. The van der Waals surface area contributed by atoms with Crippen LogP contribution in [0.15, 0.2) is 200 Å². The van der Waals surface area contributed by atoms with Crippen LogP contribution < -0.4 is 10.3 Å². The predicted octanol–water partition coefficient (Wildman–Crippen LogP) is 11.0. The zero-order chi connectivity index (χ0) is 35.8. The first-order valence-electron chi connectivity index (χ1n) is 18.3. The van der Waals surface area contributed by atoms with Crippen molar-refractivity contribution in [3.05, 3.63) is 206 Å². The molecule has 0 fully saturated rings. The number of anilines is 1. The summed E-state index contributed by atoms with van der Waals surface area (Å²) >= 11 is 0. The molecular weight excluding hydrogens is 655 g/mol. The van der Waals surface area contributed by atoms with Crippen molar-refractivity contribution in [3.63, 3.8) is 0 Å². The van der Waals surface area contributed by atoms with Crippen molar-refractivity contribution in [1.82, 2.24) is 15.0 Å². The monoisotopic (exact) mass is 688 g/mol. The first-order chi connectivity index (χ1) is 26.8. The molecule has 252 valence electrons. The van der Waals surface area contributed by atoms with Crippen LogP contribution in [0.4, 0.5) is 5.69 Å². The van der Waals surface area contributed by atoms with E-state index in [4.69, 9.17) is 15.0 Å². The van der Waals surface area contributed by atoms with E-state index in [2.05, 4.69) is 181 Å². The maximum Gasteiger partial charge on any atom is 0.320 e. The van der Waals surface area contributed by atoms with Gasteiger partial charge in [0.25, 0.3) is 0 Å². The van der Waals surface area contributed by atoms with Gasteiger partial charge in [0.15, 0.2) is 17.5 Å². The van der Waals surface area contributed by atoms with E-state index in [9.17, 15) is 0 Å². The van der Waals surface area contributed by atoms with Crippen LogP contribution in [0.2, 0.25) is 0 Å². The topological polar surface area (TPSA) is 41.9 Å². The van der Waals surface area contributed by atoms with E-state index >= 15 is 0 Å². The molecule has 0 N–H and O–H groups in total. The SMILES string of the molecule is C1=CC(c2nc(-c3ccccc3)nc(-c3cccc(-c4ccccc4)c3)n2)=CN2B1c1ccc(-c3ccccc3-c3ccccc3)cc1-c1ccccc12. The Morgan fingerprint density at radius 3 is 1.67 bits per heavy atom. The van der Waals surface area contributed by atoms with Gasteiger partial charge in [0.1, 0.15) is 0 Å². The van der Waals surface area contributed by atoms with Gasteiger partial charge in [0.05, 0.1) is 0 Å². The maximum absolute atomic E-state index is 5.14. The fourth-order valence-electron chi connectivity index (χ4n) is 7.73. The van der Waals surface area contributed by atoms with Crippen LogP contribution in [0.25, 0.3) is 72.9 Å². The third kappa shape index (κ3) is 5.73. The van der Waals surface area contributed by atoms with Crippen LogP contribution in [0, 0.1) is 0 Å². The summed E-state index contributed by atoms with van der Waals surface area (Å²) in [4.78, 5) is 17.6. The number of hydrogen-bond donors (Lipinski definition) is 0. The molecular formula is C49H33BN4. The van der Waals surface area contributed by atoms with Gasteiger partial charge in [-0.25, -0.2) is 15.0 Å². The average Bonchev–Trinajstić information content (AvgIpc) is 3.27. The number of para-hydroxylation sites is 1. The van der Waals surface area contributed by atoms with Crippen LogP contribution in [-0.2, 0) is 0 Å². The number of aromatic nitrogens is 3. The number of fused-ring (bicyclic) bond motifs is 6. The highest BCUT2D eigenvalue weighted by Gasteiger charge is 2.34. The molecule has 0 amide bonds. The van der Waals surface area contributed by atoms with Crippen LogP contribution in [0.5, 0.6) is 0 Å². The summed E-state index contributed by atoms with van der Waals surface area (Å²) in [5, 5.41) is 0. The van der Waals surface area contributed by atoms with Crippen molar-refractivity contribution in [2.75, 3.05) is 4.81 Å². The predicted molar refractivity (Wildman–Crippen MR) is 224 cm³/mol. The lowest BCUT2D eigenvalue weighted by atomic mass is 9.49. The van der Waals surface area contributed by atoms with Gasteiger partial charge in [-0.2, -0.15) is 0 Å². The van der Waals surface area contributed by atoms with E-state index in [0.717, 1.165) is 33.5 Å². The molecule has 10 rings (SSSR count). The molecule has 2 aliphatic rings. The average molecular weight is 689 g/mol. The molecule has 0 bridgehead atoms. The standard InChI is InChI=1S/C49H33BN4/c1-4-15-34(16-5-1)37-21-14-22-39(31-37)48-51-47(36-19-8-3-9-20-36)52-49(53-48)40-29-30-50-45-28-27-38(32-44(45)43-25-12-13-26-46(43)54(50)33-40)42-24-11-10-23-41(42)35-17-6-2-7-18-35/h1-33H. The Balaban J connectivity index is 1.07. The highest BCUT2D eigenvalue weighted by Crippen LogP contribution is 2.41. The molecule has 0 saturated heterocycles. The number of allylic oxidation sites excluding steroid dienone is 2. The van der Waals surface area contributed by atoms with Crippen molar-refractivity contribution in [3.8, 4) is 67.3 Å². The Bertz CT molecular complexity index is 2720. The summed E-state index contributed by atoms with van der Waals surface area (Å²) in [6, 6.07) is 64.0. The van der Waals surface area contributed by atoms with Crippen LogP contribution in [0.3, 0.4) is 0 Å². The quantitative estimate of drug-likeness (QED) is 0.163. The largest absolute Gasteiger partial charge is 0.382 e. The minimum atomic E-state index is 0.0227. The van der Waals surface area contributed by atoms with Crippen molar-refractivity contribution in [2.24, 2.45) is 0 Å². The van der Waals surface area contributed by atoms with Crippen LogP contribution in [-0.4, -0.2) is 21.8 Å². The zero-order valence-corrected chi connectivity index (χ0v) is 29.4. The van der Waals surface area contributed by atoms with Gasteiger partial charge in [0.2, 0.25) is 0 Å². The van der Waals surface area contributed by atoms with E-state index in [1.54, 1.807) is 0 Å². The Morgan fingerprint density at radius 1 is 0.370 bits per heavy atom. The van der Waals surface area contributed by atoms with Crippen molar-refractivity contribution in [1.29, 1.82) is 0 Å². The maximum atomic E-state index is 5.14. The van der Waals surface area contributed by atoms with Gasteiger partial charge in [0, 0.05) is 34.2 Å². The minimum absolute atomic E-state index is 0.0227. The number of nitrogens with zero attached hydrogens (tertiary/aromatic N) is 4. The van der Waals surface area contributed by atoms with E-state index in [-0.39, 0.29) is 6.85 Å². The molecule has 0 saturated carbocycles. The number of benzene rings is 7. The summed E-state index contributed by atoms with van der Waals surface area (Å²) in [7, 11) is 0. The third-order valence-corrected chi connectivity index (χ3v) is 10.4. The van der Waals surface area contributed by atoms with Gasteiger partial charge in [-0.15, -0.1) is 0 Å². The highest BCUT2D eigenvalue weighted by molar-refractivity contribution is 6.84. The first kappa shape index (κ1) is 31.6. The normalized spacial score (nSPS) is 12.8. The fourth-order valence-corrected chi connectivity index (χ4v) is 7.73. The molecule has 0 unspecified atom stereocenters. The lowest BCUT2D eigenvalue weighted by Crippen LogP contribution is -2.49. The Hall–Kier alpha value is -7.11. The molecule has 2 aliphatic heterocycles. The zero-order valence-electron chi connectivity index (χ0n) is 29.4. The molecule has 5 heteroatoms. The van der Waals surface area contributed by atoms with Gasteiger partial charge in [-0.05, 0) is 62.6 Å². The van der Waals surface area contributed by atoms with Gasteiger partial charge in [-0.1, -0.05) is 176 Å². The summed E-state index contributed by atoms with van der Waals surface area (Å²) in [6.45, 7) is 0.0227. The molecule has 3 heterocycles. The smallest absolute Gasteiger partial charge is 0.320 e. The van der Waals surface area contributed by atoms with Gasteiger partial charge >= 0.3 is 6.85 Å². The first-order valence-corrected chi connectivity index (χ1v) is 18.3. The Kier molecular flexibility index (Phi) is 7.88. The molecule has 0 atom stereocenters. The second-order valence-electron chi connectivity index (χ2n) is 13.6. The Labute approximate surface area is 315 Å². The minimum Gasteiger partial charge on any atom is -0.382 e. The Morgan fingerprint density at radius 2 is 0.926 bits per heavy atom. The van der Waals surface area contributed by atoms with E-state index in [1.807, 2.05) is 24.3 Å². The van der Waals surface area contributed by atoms with Crippen molar-refractivity contribution in [2.45, 2.75) is 0 Å². The summed E-state index contributed by atoms with van der Waals surface area (Å²) in [6.07, 6.45) is 4.38. The van der Waals surface area contributed by atoms with Crippen molar-refractivity contribution >= 4 is 23.6 Å². The van der Waals surface area contributed by atoms with Crippen LogP contribution >= 0.6 is 0 Å². The summed E-state index contributed by atoms with van der Waals surface area (Å²) in [5.74, 6) is 4.20. The molecule has 54 heavy (non-hydrogen) atoms. The highest BCUT2D eigenvalue weighted by atomic mass is 15.1. The van der Waals surface area contributed by atoms with Crippen molar-refractivity contribution < 1.29 is 0 Å². The van der Waals surface area contributed by atoms with E-state index < -0.39 is 0 Å². The molecule has 7 aromatic carbocycles. The third-order valence-electron chi connectivity index (χ3n) is 10.4. The van der Waals surface area contributed by atoms with Gasteiger partial charge in [-0.3, -0.25) is 0 Å². The fraction of sp³-hybridized carbons (Fsp3) is 0. The number of rotatable bonds is 6. The molecule has 8 aromatic rings. The second kappa shape index (κ2) is 13.5. The molecule has 0 spiro atoms. The molecule has 1 aromatic heterocycles. The number of hydrogen-bond acceptors (Lipinski definition) is 4. The lowest BCUT2D eigenvalue weighted by molar-refractivity contribution is 1.04. The van der Waals surface area contributed by atoms with E-state index in [0.29, 0.717) is 17.5 Å². The molecule has 0 radical (unpaired) electrons. The van der Waals surface area contributed by atoms with Crippen LogP contribution in [0.1, 0.15) is 5.82 Å².